The van der Waals surface area contributed by atoms with Crippen molar-refractivity contribution < 1.29 is 12.6 Å². The van der Waals surface area contributed by atoms with E-state index in [0.717, 1.165) is 31.2 Å². The maximum absolute atomic E-state index is 12.1. The quantitative estimate of drug-likeness (QED) is 0.305. The predicted octanol–water partition coefficient (Wildman–Crippen LogP) is 5.31. The molecule has 0 saturated heterocycles. The number of aryl methyl sites for hydroxylation is 2. The lowest BCUT2D eigenvalue weighted by molar-refractivity contribution is 0.299. The molecule has 1 atom stereocenters. The van der Waals surface area contributed by atoms with Gasteiger partial charge in [-0.2, -0.15) is 8.42 Å². The molecule has 4 heteroatoms. The van der Waals surface area contributed by atoms with E-state index in [1.807, 2.05) is 19.1 Å². The highest BCUT2D eigenvalue weighted by molar-refractivity contribution is 7.86. The Hall–Kier alpha value is -1.91. The average molecular weight is 373 g/mol. The summed E-state index contributed by atoms with van der Waals surface area (Å²) in [4.78, 5) is 0.214. The third-order valence-electron chi connectivity index (χ3n) is 4.48. The van der Waals surface area contributed by atoms with E-state index in [2.05, 4.69) is 30.8 Å². The highest BCUT2D eigenvalue weighted by Crippen LogP contribution is 2.18. The van der Waals surface area contributed by atoms with Crippen molar-refractivity contribution in [1.29, 1.82) is 0 Å². The summed E-state index contributed by atoms with van der Waals surface area (Å²) in [6.07, 6.45) is 6.78. The van der Waals surface area contributed by atoms with Crippen LogP contribution in [-0.2, 0) is 20.7 Å². The van der Waals surface area contributed by atoms with Gasteiger partial charge in [-0.1, -0.05) is 54.1 Å². The Labute approximate surface area is 157 Å². The second-order valence-corrected chi connectivity index (χ2v) is 8.22. The molecule has 0 radical (unpaired) electrons. The summed E-state index contributed by atoms with van der Waals surface area (Å²) in [5, 5.41) is 0. The molecular weight excluding hydrogens is 344 g/mol. The lowest BCUT2D eigenvalue weighted by Crippen LogP contribution is -2.09. The Kier molecular flexibility index (Phi) is 8.07. The van der Waals surface area contributed by atoms with Crippen molar-refractivity contribution in [2.75, 3.05) is 6.61 Å². The van der Waals surface area contributed by atoms with Gasteiger partial charge >= 0.3 is 0 Å². The van der Waals surface area contributed by atoms with Crippen LogP contribution < -0.4 is 0 Å². The summed E-state index contributed by atoms with van der Waals surface area (Å²) in [5.74, 6) is 0.393. The SMILES string of the molecule is C=CC(CCCOS(=O)(=O)c1ccc(C)cc1)CCCc1ccccc1. The van der Waals surface area contributed by atoms with E-state index in [-0.39, 0.29) is 11.5 Å². The molecule has 0 amide bonds. The van der Waals surface area contributed by atoms with Crippen LogP contribution in [0.2, 0.25) is 0 Å². The van der Waals surface area contributed by atoms with Crippen molar-refractivity contribution >= 4 is 10.1 Å². The van der Waals surface area contributed by atoms with Crippen LogP contribution in [0.1, 0.15) is 36.8 Å². The van der Waals surface area contributed by atoms with E-state index in [4.69, 9.17) is 4.18 Å². The monoisotopic (exact) mass is 372 g/mol. The molecule has 1 unspecified atom stereocenters. The summed E-state index contributed by atoms with van der Waals surface area (Å²) in [6, 6.07) is 17.2. The lowest BCUT2D eigenvalue weighted by atomic mass is 9.95. The van der Waals surface area contributed by atoms with Crippen LogP contribution in [0.4, 0.5) is 0 Å². The molecule has 2 aromatic carbocycles. The molecule has 26 heavy (non-hydrogen) atoms. The molecule has 2 rings (SSSR count). The molecule has 0 saturated carbocycles. The fourth-order valence-corrected chi connectivity index (χ4v) is 3.82. The number of rotatable bonds is 11. The molecule has 0 N–H and O–H groups in total. The second-order valence-electron chi connectivity index (χ2n) is 6.60. The van der Waals surface area contributed by atoms with Gasteiger partial charge in [0.1, 0.15) is 0 Å². The first-order valence-electron chi connectivity index (χ1n) is 9.14. The smallest absolute Gasteiger partial charge is 0.266 e. The molecule has 0 aliphatic carbocycles. The highest BCUT2D eigenvalue weighted by atomic mass is 32.2. The first kappa shape index (κ1) is 20.4. The summed E-state index contributed by atoms with van der Waals surface area (Å²) < 4.78 is 29.5. The van der Waals surface area contributed by atoms with Crippen molar-refractivity contribution in [2.24, 2.45) is 5.92 Å². The molecule has 140 valence electrons. The summed E-state index contributed by atoms with van der Waals surface area (Å²) in [6.45, 7) is 6.04. The highest BCUT2D eigenvalue weighted by Gasteiger charge is 2.15. The molecule has 0 aliphatic rings. The van der Waals surface area contributed by atoms with Crippen LogP contribution in [0.5, 0.6) is 0 Å². The molecule has 0 bridgehead atoms. The minimum atomic E-state index is -3.66. The number of hydrogen-bond acceptors (Lipinski definition) is 3. The van der Waals surface area contributed by atoms with E-state index in [1.165, 1.54) is 5.56 Å². The Balaban J connectivity index is 1.70. The Morgan fingerprint density at radius 2 is 1.65 bits per heavy atom. The summed E-state index contributed by atoms with van der Waals surface area (Å²) >= 11 is 0. The van der Waals surface area contributed by atoms with Crippen molar-refractivity contribution in [2.45, 2.75) is 43.9 Å². The zero-order valence-corrected chi connectivity index (χ0v) is 16.3. The maximum Gasteiger partial charge on any atom is 0.296 e. The summed E-state index contributed by atoms with van der Waals surface area (Å²) in [7, 11) is -3.66. The lowest BCUT2D eigenvalue weighted by Gasteiger charge is -2.12. The van der Waals surface area contributed by atoms with Gasteiger partial charge in [0.25, 0.3) is 10.1 Å². The third-order valence-corrected chi connectivity index (χ3v) is 5.81. The largest absolute Gasteiger partial charge is 0.296 e. The van der Waals surface area contributed by atoms with Gasteiger partial charge in [0.05, 0.1) is 11.5 Å². The zero-order valence-electron chi connectivity index (χ0n) is 15.4. The van der Waals surface area contributed by atoms with Crippen molar-refractivity contribution in [3.05, 3.63) is 78.4 Å². The average Bonchev–Trinajstić information content (AvgIpc) is 2.65. The van der Waals surface area contributed by atoms with Gasteiger partial charge < -0.3 is 0 Å². The fraction of sp³-hybridized carbons (Fsp3) is 0.364. The standard InChI is InChI=1S/C22H28O3S/c1-3-20(11-7-12-21-9-5-4-6-10-21)13-8-18-25-26(23,24)22-16-14-19(2)15-17-22/h3-6,9-10,14-17,20H,1,7-8,11-13,18H2,2H3. The second kappa shape index (κ2) is 10.3. The van der Waals surface area contributed by atoms with Crippen LogP contribution >= 0.6 is 0 Å². The van der Waals surface area contributed by atoms with E-state index >= 15 is 0 Å². The molecular formula is C22H28O3S. The van der Waals surface area contributed by atoms with Gasteiger partial charge in [0.15, 0.2) is 0 Å². The van der Waals surface area contributed by atoms with Gasteiger partial charge in [-0.05, 0) is 62.6 Å². The fourth-order valence-electron chi connectivity index (χ4n) is 2.88. The topological polar surface area (TPSA) is 43.4 Å². The first-order valence-corrected chi connectivity index (χ1v) is 10.5. The van der Waals surface area contributed by atoms with Crippen molar-refractivity contribution in [3.63, 3.8) is 0 Å². The minimum absolute atomic E-state index is 0.208. The van der Waals surface area contributed by atoms with E-state index in [9.17, 15) is 8.42 Å². The normalized spacial score (nSPS) is 12.7. The number of benzene rings is 2. The van der Waals surface area contributed by atoms with Crippen LogP contribution in [0, 0.1) is 12.8 Å². The van der Waals surface area contributed by atoms with Crippen molar-refractivity contribution in [3.8, 4) is 0 Å². The van der Waals surface area contributed by atoms with Gasteiger partial charge in [0.2, 0.25) is 0 Å². The Morgan fingerprint density at radius 3 is 2.31 bits per heavy atom. The molecule has 3 nitrogen and oxygen atoms in total. The van der Waals surface area contributed by atoms with Gasteiger partial charge in [-0.15, -0.1) is 6.58 Å². The Morgan fingerprint density at radius 1 is 1.00 bits per heavy atom. The van der Waals surface area contributed by atoms with Crippen LogP contribution in [0.25, 0.3) is 0 Å². The van der Waals surface area contributed by atoms with Crippen LogP contribution in [-0.4, -0.2) is 15.0 Å². The molecule has 0 heterocycles. The first-order chi connectivity index (χ1) is 12.5. The van der Waals surface area contributed by atoms with Gasteiger partial charge in [-0.25, -0.2) is 0 Å². The van der Waals surface area contributed by atoms with Crippen LogP contribution in [0.3, 0.4) is 0 Å². The molecule has 0 fully saturated rings. The molecule has 0 aromatic heterocycles. The Bertz CT molecular complexity index is 765. The predicted molar refractivity (Wildman–Crippen MR) is 107 cm³/mol. The third kappa shape index (κ3) is 6.77. The van der Waals surface area contributed by atoms with E-state index in [0.29, 0.717) is 12.3 Å². The number of hydrogen-bond donors (Lipinski definition) is 0. The molecule has 2 aromatic rings. The number of allylic oxidation sites excluding steroid dienone is 1. The van der Waals surface area contributed by atoms with Gasteiger partial charge in [-0.3, -0.25) is 4.18 Å². The maximum atomic E-state index is 12.1. The molecule has 0 aliphatic heterocycles. The van der Waals surface area contributed by atoms with E-state index < -0.39 is 10.1 Å². The van der Waals surface area contributed by atoms with Crippen molar-refractivity contribution in [1.82, 2.24) is 0 Å². The zero-order chi connectivity index (χ0) is 18.8. The van der Waals surface area contributed by atoms with Crippen LogP contribution in [0.15, 0.2) is 72.1 Å². The van der Waals surface area contributed by atoms with Gasteiger partial charge in [0, 0.05) is 0 Å². The molecule has 0 spiro atoms. The summed E-state index contributed by atoms with van der Waals surface area (Å²) in [5.41, 5.74) is 2.37. The van der Waals surface area contributed by atoms with E-state index in [1.54, 1.807) is 24.3 Å². The minimum Gasteiger partial charge on any atom is -0.266 e.